The quantitative estimate of drug-likeness (QED) is 0.600. The minimum atomic E-state index is -0.842. The van der Waals surface area contributed by atoms with Gasteiger partial charge < -0.3 is 42.7 Å². The molecule has 0 N–H and O–H groups in total. The van der Waals surface area contributed by atoms with Gasteiger partial charge in [0.25, 0.3) is 0 Å². The van der Waals surface area contributed by atoms with Gasteiger partial charge in [-0.3, -0.25) is 0 Å². The van der Waals surface area contributed by atoms with Crippen LogP contribution in [0, 0.1) is 5.92 Å². The summed E-state index contributed by atoms with van der Waals surface area (Å²) in [5, 5.41) is 4.42. The summed E-state index contributed by atoms with van der Waals surface area (Å²) in [6, 6.07) is 10.1. The Kier molecular flexibility index (Phi) is 5.73. The van der Waals surface area contributed by atoms with Gasteiger partial charge in [-0.25, -0.2) is 0 Å². The van der Waals surface area contributed by atoms with Crippen LogP contribution in [0.4, 0.5) is 0 Å². The molecule has 0 radical (unpaired) electrons. The average molecular weight is 518 g/mol. The SMILES string of the molecule is CC1(C)O[C@H]2O[C@@H]3CC4=NOC[C@@H]4C[C@@]4(OCc5ccccc5)[C@@H](CO[C@@H]3[C@H]2O1)O[C@@H]1OC(C)(C)O[C@@H]14. The summed E-state index contributed by atoms with van der Waals surface area (Å²) in [5.74, 6) is -1.53. The van der Waals surface area contributed by atoms with Crippen molar-refractivity contribution in [3.8, 4) is 0 Å². The Hall–Kier alpha value is -1.63. The molecule has 202 valence electrons. The van der Waals surface area contributed by atoms with Crippen molar-refractivity contribution >= 4 is 5.71 Å². The lowest BCUT2D eigenvalue weighted by Crippen LogP contribution is -2.56. The van der Waals surface area contributed by atoms with Gasteiger partial charge in [0.15, 0.2) is 24.2 Å². The number of oxime groups is 1. The van der Waals surface area contributed by atoms with Gasteiger partial charge in [-0.15, -0.1) is 0 Å². The topological polar surface area (TPSA) is 95.4 Å². The van der Waals surface area contributed by atoms with Crippen LogP contribution in [0.5, 0.6) is 0 Å². The van der Waals surface area contributed by atoms with E-state index in [2.05, 4.69) is 17.3 Å². The summed E-state index contributed by atoms with van der Waals surface area (Å²) in [6.07, 6.45) is -1.77. The fraction of sp³-hybridized carbons (Fsp3) is 0.741. The molecule has 1 aromatic carbocycles. The molecule has 0 spiro atoms. The van der Waals surface area contributed by atoms with E-state index >= 15 is 0 Å². The molecule has 0 aliphatic carbocycles. The fourth-order valence-corrected chi connectivity index (χ4v) is 6.54. The lowest BCUT2D eigenvalue weighted by molar-refractivity contribution is -0.254. The molecule has 6 aliphatic heterocycles. The van der Waals surface area contributed by atoms with E-state index in [1.54, 1.807) is 0 Å². The Balaban J connectivity index is 1.23. The molecule has 10 nitrogen and oxygen atoms in total. The van der Waals surface area contributed by atoms with E-state index in [9.17, 15) is 0 Å². The van der Waals surface area contributed by atoms with Gasteiger partial charge in [-0.05, 0) is 39.7 Å². The van der Waals surface area contributed by atoms with Crippen molar-refractivity contribution in [3.63, 3.8) is 0 Å². The number of ether oxygens (including phenoxy) is 8. The molecule has 0 saturated carbocycles. The molecule has 5 fully saturated rings. The number of fused-ring (bicyclic) bond motifs is 7. The lowest BCUT2D eigenvalue weighted by atomic mass is 9.79. The molecule has 5 saturated heterocycles. The zero-order valence-electron chi connectivity index (χ0n) is 21.7. The molecule has 9 atom stereocenters. The largest absolute Gasteiger partial charge is 0.395 e. The molecule has 10 heteroatoms. The van der Waals surface area contributed by atoms with Gasteiger partial charge >= 0.3 is 0 Å². The Labute approximate surface area is 216 Å². The first-order chi connectivity index (χ1) is 17.7. The minimum Gasteiger partial charge on any atom is -0.395 e. The summed E-state index contributed by atoms with van der Waals surface area (Å²) in [6.45, 7) is 8.70. The maximum atomic E-state index is 6.85. The van der Waals surface area contributed by atoms with Crippen molar-refractivity contribution in [2.24, 2.45) is 11.1 Å². The molecule has 0 unspecified atom stereocenters. The normalized spacial score (nSPS) is 45.2. The van der Waals surface area contributed by atoms with Crippen LogP contribution in [0.15, 0.2) is 35.5 Å². The Morgan fingerprint density at radius 2 is 1.68 bits per heavy atom. The predicted octanol–water partition coefficient (Wildman–Crippen LogP) is 2.88. The molecular weight excluding hydrogens is 482 g/mol. The highest BCUT2D eigenvalue weighted by Gasteiger charge is 2.66. The van der Waals surface area contributed by atoms with Gasteiger partial charge in [0.2, 0.25) is 0 Å². The summed E-state index contributed by atoms with van der Waals surface area (Å²) >= 11 is 0. The molecule has 0 bridgehead atoms. The van der Waals surface area contributed by atoms with Crippen molar-refractivity contribution in [2.75, 3.05) is 13.2 Å². The van der Waals surface area contributed by atoms with E-state index in [1.807, 2.05) is 45.9 Å². The molecule has 7 rings (SSSR count). The van der Waals surface area contributed by atoms with Crippen LogP contribution in [-0.2, 0) is 49.3 Å². The molecular formula is C27H35NO9. The highest BCUT2D eigenvalue weighted by molar-refractivity contribution is 5.88. The van der Waals surface area contributed by atoms with E-state index in [1.165, 1.54) is 0 Å². The zero-order valence-corrected chi connectivity index (χ0v) is 21.7. The number of hydrogen-bond donors (Lipinski definition) is 0. The van der Waals surface area contributed by atoms with Crippen molar-refractivity contribution in [3.05, 3.63) is 35.9 Å². The van der Waals surface area contributed by atoms with Crippen LogP contribution in [-0.4, -0.2) is 79.2 Å². The van der Waals surface area contributed by atoms with E-state index in [0.717, 1.165) is 11.3 Å². The second kappa shape index (κ2) is 8.69. The molecule has 6 aliphatic rings. The number of nitrogens with zero attached hydrogens (tertiary/aromatic N) is 1. The van der Waals surface area contributed by atoms with Crippen molar-refractivity contribution in [1.82, 2.24) is 0 Å². The highest BCUT2D eigenvalue weighted by Crippen LogP contribution is 2.50. The third-order valence-corrected chi connectivity index (χ3v) is 8.17. The van der Waals surface area contributed by atoms with Gasteiger partial charge in [0.1, 0.15) is 36.6 Å². The van der Waals surface area contributed by atoms with Gasteiger partial charge in [0, 0.05) is 12.3 Å². The zero-order chi connectivity index (χ0) is 25.4. The first-order valence-corrected chi connectivity index (χ1v) is 13.2. The van der Waals surface area contributed by atoms with Crippen molar-refractivity contribution < 1.29 is 42.7 Å². The maximum Gasteiger partial charge on any atom is 0.190 e. The predicted molar refractivity (Wildman–Crippen MR) is 127 cm³/mol. The summed E-state index contributed by atoms with van der Waals surface area (Å²) in [4.78, 5) is 5.63. The summed E-state index contributed by atoms with van der Waals surface area (Å²) in [5.41, 5.74) is 1.14. The monoisotopic (exact) mass is 517 g/mol. The standard InChI is InChI=1S/C27H35NO9/c1-25(2)34-21-20-18(32-23(21)36-25)10-17-16(13-31-28-17)11-27(30-12-15-8-6-5-7-9-15)19(14-29-20)33-24-22(27)35-26(3,4)37-24/h5-9,16,18-24H,10-14H2,1-4H3/t16-,18+,19+,20-,21+,22-,23+,24+,27+/m0/s1. The van der Waals surface area contributed by atoms with Crippen molar-refractivity contribution in [1.29, 1.82) is 0 Å². The summed E-state index contributed by atoms with van der Waals surface area (Å²) in [7, 11) is 0. The highest BCUT2D eigenvalue weighted by atomic mass is 16.9. The van der Waals surface area contributed by atoms with Crippen LogP contribution in [0.25, 0.3) is 0 Å². The molecule has 0 aromatic heterocycles. The van der Waals surface area contributed by atoms with E-state index in [-0.39, 0.29) is 30.8 Å². The Bertz CT molecular complexity index is 1050. The first kappa shape index (κ1) is 24.4. The maximum absolute atomic E-state index is 6.85. The first-order valence-electron chi connectivity index (χ1n) is 13.2. The van der Waals surface area contributed by atoms with Crippen LogP contribution < -0.4 is 0 Å². The molecule has 0 amide bonds. The second-order valence-electron chi connectivity index (χ2n) is 11.7. The second-order valence-corrected chi connectivity index (χ2v) is 11.7. The average Bonchev–Trinajstić information content (AvgIpc) is 3.60. The number of benzene rings is 1. The van der Waals surface area contributed by atoms with Crippen LogP contribution in [0.1, 0.15) is 46.1 Å². The van der Waals surface area contributed by atoms with Crippen molar-refractivity contribution in [2.45, 2.75) is 107 Å². The van der Waals surface area contributed by atoms with E-state index in [4.69, 9.17) is 42.7 Å². The van der Waals surface area contributed by atoms with E-state index in [0.29, 0.717) is 26.1 Å². The third-order valence-electron chi connectivity index (χ3n) is 8.17. The Morgan fingerprint density at radius 3 is 2.51 bits per heavy atom. The lowest BCUT2D eigenvalue weighted by Gasteiger charge is -2.41. The minimum absolute atomic E-state index is 0.00834. The molecule has 37 heavy (non-hydrogen) atoms. The molecule has 1 aromatic rings. The summed E-state index contributed by atoms with van der Waals surface area (Å²) < 4.78 is 51.0. The fourth-order valence-electron chi connectivity index (χ4n) is 6.54. The van der Waals surface area contributed by atoms with Crippen LogP contribution in [0.3, 0.4) is 0 Å². The van der Waals surface area contributed by atoms with Crippen LogP contribution >= 0.6 is 0 Å². The van der Waals surface area contributed by atoms with E-state index < -0.39 is 42.0 Å². The van der Waals surface area contributed by atoms with Gasteiger partial charge in [-0.1, -0.05) is 35.5 Å². The van der Waals surface area contributed by atoms with Gasteiger partial charge in [-0.2, -0.15) is 0 Å². The Morgan fingerprint density at radius 1 is 0.892 bits per heavy atom. The smallest absolute Gasteiger partial charge is 0.190 e. The van der Waals surface area contributed by atoms with Crippen LogP contribution in [0.2, 0.25) is 0 Å². The third kappa shape index (κ3) is 4.22. The number of rotatable bonds is 3. The number of hydrogen-bond acceptors (Lipinski definition) is 10. The van der Waals surface area contributed by atoms with Gasteiger partial charge in [0.05, 0.1) is 25.0 Å². The molecule has 6 heterocycles.